The van der Waals surface area contributed by atoms with E-state index in [1.807, 2.05) is 11.6 Å². The van der Waals surface area contributed by atoms with Crippen molar-refractivity contribution >= 4 is 17.9 Å². The van der Waals surface area contributed by atoms with E-state index in [1.54, 1.807) is 11.8 Å². The minimum atomic E-state index is -0.789. The van der Waals surface area contributed by atoms with Gasteiger partial charge in [-0.3, -0.25) is 0 Å². The number of rotatable bonds is 5. The van der Waals surface area contributed by atoms with Crippen molar-refractivity contribution in [2.24, 2.45) is 12.8 Å². The standard InChI is InChI=1S/C17H23N3O2S/c1-10(2)15-16(20(5)14(19-15)9-22-17(18)21)23-13-7-11(3)6-12(4)8-13/h6-8,10H,9H2,1-5H3,(H2,18,21). The number of nitrogens with two attached hydrogens (primary N) is 1. The molecule has 5 nitrogen and oxygen atoms in total. The van der Waals surface area contributed by atoms with Gasteiger partial charge in [-0.05, 0) is 43.0 Å². The van der Waals surface area contributed by atoms with Crippen LogP contribution in [0.4, 0.5) is 4.79 Å². The summed E-state index contributed by atoms with van der Waals surface area (Å²) in [5, 5.41) is 1.06. The summed E-state index contributed by atoms with van der Waals surface area (Å²) in [6.45, 7) is 8.48. The van der Waals surface area contributed by atoms with E-state index in [4.69, 9.17) is 10.5 Å². The lowest BCUT2D eigenvalue weighted by Crippen LogP contribution is -2.14. The minimum Gasteiger partial charge on any atom is -0.442 e. The zero-order chi connectivity index (χ0) is 17.1. The van der Waals surface area contributed by atoms with Crippen LogP contribution in [-0.4, -0.2) is 15.6 Å². The Hall–Kier alpha value is -1.95. The maximum atomic E-state index is 10.8. The molecular formula is C17H23N3O2S. The fourth-order valence-electron chi connectivity index (χ4n) is 2.42. The second-order valence-electron chi connectivity index (χ2n) is 5.97. The molecule has 0 aliphatic heterocycles. The largest absolute Gasteiger partial charge is 0.442 e. The SMILES string of the molecule is Cc1cc(C)cc(Sc2c(C(C)C)nc(COC(N)=O)n2C)c1. The van der Waals surface area contributed by atoms with Gasteiger partial charge in [0.1, 0.15) is 10.9 Å². The second-order valence-corrected chi connectivity index (χ2v) is 7.03. The quantitative estimate of drug-likeness (QED) is 0.900. The number of hydrogen-bond acceptors (Lipinski definition) is 4. The Labute approximate surface area is 141 Å². The van der Waals surface area contributed by atoms with Crippen molar-refractivity contribution in [3.8, 4) is 0 Å². The van der Waals surface area contributed by atoms with E-state index in [1.165, 1.54) is 16.0 Å². The Balaban J connectivity index is 2.37. The predicted molar refractivity (Wildman–Crippen MR) is 91.7 cm³/mol. The maximum absolute atomic E-state index is 10.8. The third-order valence-electron chi connectivity index (χ3n) is 3.46. The zero-order valence-electron chi connectivity index (χ0n) is 14.2. The summed E-state index contributed by atoms with van der Waals surface area (Å²) in [6.07, 6.45) is -0.789. The highest BCUT2D eigenvalue weighted by Crippen LogP contribution is 2.35. The Morgan fingerprint density at radius 1 is 1.30 bits per heavy atom. The molecule has 0 fully saturated rings. The molecule has 1 aromatic carbocycles. The van der Waals surface area contributed by atoms with Crippen LogP contribution in [0.3, 0.4) is 0 Å². The molecule has 0 aliphatic rings. The van der Waals surface area contributed by atoms with E-state index in [0.717, 1.165) is 10.7 Å². The van der Waals surface area contributed by atoms with Gasteiger partial charge in [-0.1, -0.05) is 31.7 Å². The topological polar surface area (TPSA) is 70.1 Å². The highest BCUT2D eigenvalue weighted by atomic mass is 32.2. The lowest BCUT2D eigenvalue weighted by Gasteiger charge is -2.10. The summed E-state index contributed by atoms with van der Waals surface area (Å²) in [4.78, 5) is 16.6. The van der Waals surface area contributed by atoms with Crippen LogP contribution in [0.2, 0.25) is 0 Å². The fraction of sp³-hybridized carbons (Fsp3) is 0.412. The van der Waals surface area contributed by atoms with Crippen molar-refractivity contribution in [2.45, 2.75) is 50.1 Å². The zero-order valence-corrected chi connectivity index (χ0v) is 15.0. The van der Waals surface area contributed by atoms with Gasteiger partial charge in [0.15, 0.2) is 6.61 Å². The number of primary amides is 1. The molecule has 6 heteroatoms. The lowest BCUT2D eigenvalue weighted by atomic mass is 10.1. The molecule has 1 aromatic heterocycles. The number of carbonyl (C=O) groups excluding carboxylic acids is 1. The molecule has 2 aromatic rings. The second kappa shape index (κ2) is 7.08. The summed E-state index contributed by atoms with van der Waals surface area (Å²) < 4.78 is 6.86. The number of imidazole rings is 1. The Morgan fingerprint density at radius 3 is 2.43 bits per heavy atom. The Kier molecular flexibility index (Phi) is 5.36. The van der Waals surface area contributed by atoms with E-state index in [0.29, 0.717) is 5.82 Å². The molecule has 0 spiro atoms. The van der Waals surface area contributed by atoms with Gasteiger partial charge in [-0.2, -0.15) is 0 Å². The number of hydrogen-bond donors (Lipinski definition) is 1. The third kappa shape index (κ3) is 4.28. The molecule has 0 radical (unpaired) electrons. The first-order valence-electron chi connectivity index (χ1n) is 7.51. The van der Waals surface area contributed by atoms with Crippen LogP contribution in [0.1, 0.15) is 42.4 Å². The summed E-state index contributed by atoms with van der Waals surface area (Å²) >= 11 is 1.68. The molecule has 124 valence electrons. The summed E-state index contributed by atoms with van der Waals surface area (Å²) in [6, 6.07) is 6.48. The van der Waals surface area contributed by atoms with Crippen LogP contribution in [0.25, 0.3) is 0 Å². The average Bonchev–Trinajstić information content (AvgIpc) is 2.73. The first kappa shape index (κ1) is 17.4. The number of aromatic nitrogens is 2. The van der Waals surface area contributed by atoms with Gasteiger partial charge in [-0.15, -0.1) is 0 Å². The Morgan fingerprint density at radius 2 is 1.91 bits per heavy atom. The van der Waals surface area contributed by atoms with Gasteiger partial charge >= 0.3 is 6.09 Å². The van der Waals surface area contributed by atoms with Crippen LogP contribution in [0.15, 0.2) is 28.1 Å². The van der Waals surface area contributed by atoms with Crippen molar-refractivity contribution in [1.29, 1.82) is 0 Å². The van der Waals surface area contributed by atoms with Crippen LogP contribution < -0.4 is 5.73 Å². The maximum Gasteiger partial charge on any atom is 0.404 e. The minimum absolute atomic E-state index is 0.0823. The molecule has 0 unspecified atom stereocenters. The highest BCUT2D eigenvalue weighted by molar-refractivity contribution is 7.99. The van der Waals surface area contributed by atoms with Crippen LogP contribution >= 0.6 is 11.8 Å². The first-order valence-corrected chi connectivity index (χ1v) is 8.33. The first-order chi connectivity index (χ1) is 10.8. The highest BCUT2D eigenvalue weighted by Gasteiger charge is 2.19. The van der Waals surface area contributed by atoms with Gasteiger partial charge in [0.25, 0.3) is 0 Å². The average molecular weight is 333 g/mol. The molecule has 2 N–H and O–H groups in total. The van der Waals surface area contributed by atoms with Gasteiger partial charge in [0.05, 0.1) is 5.69 Å². The van der Waals surface area contributed by atoms with Crippen LogP contribution in [0, 0.1) is 13.8 Å². The molecule has 0 atom stereocenters. The predicted octanol–water partition coefficient (Wildman–Crippen LogP) is 3.91. The van der Waals surface area contributed by atoms with Gasteiger partial charge in [-0.25, -0.2) is 9.78 Å². The monoisotopic (exact) mass is 333 g/mol. The van der Waals surface area contributed by atoms with Crippen molar-refractivity contribution in [3.05, 3.63) is 40.8 Å². The number of amides is 1. The third-order valence-corrected chi connectivity index (χ3v) is 4.61. The summed E-state index contributed by atoms with van der Waals surface area (Å²) in [5.41, 5.74) is 8.52. The van der Waals surface area contributed by atoms with E-state index >= 15 is 0 Å². The normalized spacial score (nSPS) is 11.0. The molecule has 1 amide bonds. The van der Waals surface area contributed by atoms with E-state index < -0.39 is 6.09 Å². The van der Waals surface area contributed by atoms with Crippen LogP contribution in [0.5, 0.6) is 0 Å². The fourth-order valence-corrected chi connectivity index (χ4v) is 3.76. The lowest BCUT2D eigenvalue weighted by molar-refractivity contribution is 0.146. The molecule has 1 heterocycles. The van der Waals surface area contributed by atoms with Gasteiger partial charge in [0, 0.05) is 11.9 Å². The number of benzene rings is 1. The number of aryl methyl sites for hydroxylation is 2. The summed E-state index contributed by atoms with van der Waals surface area (Å²) in [5.74, 6) is 0.969. The van der Waals surface area contributed by atoms with Crippen LogP contribution in [-0.2, 0) is 18.4 Å². The smallest absolute Gasteiger partial charge is 0.404 e. The van der Waals surface area contributed by atoms with Crippen molar-refractivity contribution in [3.63, 3.8) is 0 Å². The molecule has 0 saturated heterocycles. The number of nitrogens with zero attached hydrogens (tertiary/aromatic N) is 2. The van der Waals surface area contributed by atoms with Crippen molar-refractivity contribution in [2.75, 3.05) is 0 Å². The molecule has 2 rings (SSSR count). The molecule has 0 saturated carbocycles. The molecule has 0 aliphatic carbocycles. The van der Waals surface area contributed by atoms with E-state index in [9.17, 15) is 4.79 Å². The van der Waals surface area contributed by atoms with E-state index in [2.05, 4.69) is 50.9 Å². The number of ether oxygens (including phenoxy) is 1. The molecule has 23 heavy (non-hydrogen) atoms. The molecular weight excluding hydrogens is 310 g/mol. The number of carbonyl (C=O) groups is 1. The van der Waals surface area contributed by atoms with E-state index in [-0.39, 0.29) is 12.5 Å². The molecule has 0 bridgehead atoms. The van der Waals surface area contributed by atoms with Gasteiger partial charge < -0.3 is 15.0 Å². The van der Waals surface area contributed by atoms with Crippen molar-refractivity contribution in [1.82, 2.24) is 9.55 Å². The summed E-state index contributed by atoms with van der Waals surface area (Å²) in [7, 11) is 1.93. The van der Waals surface area contributed by atoms with Crippen molar-refractivity contribution < 1.29 is 9.53 Å². The Bertz CT molecular complexity index is 703. The van der Waals surface area contributed by atoms with Gasteiger partial charge in [0.2, 0.25) is 0 Å².